The molecule has 4 aromatic rings. The third-order valence-corrected chi connectivity index (χ3v) is 15.4. The first-order valence-corrected chi connectivity index (χ1v) is 22.9. The predicted octanol–water partition coefficient (Wildman–Crippen LogP) is 6.46. The van der Waals surface area contributed by atoms with Crippen molar-refractivity contribution in [2.45, 2.75) is 98.0 Å². The van der Waals surface area contributed by atoms with E-state index in [4.69, 9.17) is 14.5 Å². The Balaban J connectivity index is 1.17. The Morgan fingerprint density at radius 1 is 1.08 bits per heavy atom. The fourth-order valence-electron chi connectivity index (χ4n) is 10.2. The third-order valence-electron chi connectivity index (χ3n) is 14.4. The number of carbonyl (C=O) groups is 3. The number of pyridine rings is 1. The second-order valence-corrected chi connectivity index (χ2v) is 20.1. The number of rotatable bonds is 7. The summed E-state index contributed by atoms with van der Waals surface area (Å²) in [4.78, 5) is 53.1. The molecule has 6 aliphatic rings. The van der Waals surface area contributed by atoms with Gasteiger partial charge < -0.3 is 29.2 Å². The van der Waals surface area contributed by atoms with E-state index in [0.29, 0.717) is 12.8 Å². The van der Waals surface area contributed by atoms with E-state index in [2.05, 4.69) is 109 Å². The number of fused-ring (bicyclic) bond motifs is 4. The van der Waals surface area contributed by atoms with Crippen molar-refractivity contribution in [2.24, 2.45) is 29.1 Å². The maximum Gasteiger partial charge on any atom is 0.325 e. The summed E-state index contributed by atoms with van der Waals surface area (Å²) in [5, 5.41) is 8.12. The molecule has 3 saturated heterocycles. The quantitative estimate of drug-likeness (QED) is 0.202. The summed E-state index contributed by atoms with van der Waals surface area (Å²) in [5.74, 6) is -0.0513. The molecule has 0 spiro atoms. The van der Waals surface area contributed by atoms with E-state index in [0.717, 1.165) is 95.1 Å². The molecule has 0 radical (unpaired) electrons. The van der Waals surface area contributed by atoms with Gasteiger partial charge in [0.25, 0.3) is 5.91 Å². The fraction of sp³-hybridized carbons (Fsp3) is 0.574. The lowest BCUT2D eigenvalue weighted by Crippen LogP contribution is -2.71. The molecule has 2 saturated carbocycles. The number of piperazine rings is 1. The van der Waals surface area contributed by atoms with Gasteiger partial charge >= 0.3 is 5.97 Å². The summed E-state index contributed by atoms with van der Waals surface area (Å²) in [7, 11) is 3.91. The van der Waals surface area contributed by atoms with E-state index in [1.807, 2.05) is 6.20 Å². The highest BCUT2D eigenvalue weighted by Crippen LogP contribution is 2.46. The van der Waals surface area contributed by atoms with Gasteiger partial charge in [-0.3, -0.25) is 24.4 Å². The second-order valence-electron chi connectivity index (χ2n) is 19.1. The fourth-order valence-corrected chi connectivity index (χ4v) is 11.2. The number of ether oxygens (including phenoxy) is 2. The number of anilines is 1. The number of nitrogens with zero attached hydrogens (tertiary/aromatic N) is 5. The number of likely N-dealkylation sites (N-methyl/N-ethyl adjacent to an activating group) is 1. The molecule has 7 heterocycles. The Morgan fingerprint density at radius 2 is 1.83 bits per heavy atom. The summed E-state index contributed by atoms with van der Waals surface area (Å²) in [6.07, 6.45) is 4.23. The predicted molar refractivity (Wildman–Crippen MR) is 235 cm³/mol. The molecule has 320 valence electrons. The van der Waals surface area contributed by atoms with Gasteiger partial charge in [-0.15, -0.1) is 11.3 Å². The maximum absolute atomic E-state index is 14.5. The average Bonchev–Trinajstić information content (AvgIpc) is 3.50. The number of carbonyl (C=O) groups excluding carboxylic acids is 3. The van der Waals surface area contributed by atoms with Crippen molar-refractivity contribution < 1.29 is 23.9 Å². The lowest BCUT2D eigenvalue weighted by molar-refractivity contribution is -0.171. The van der Waals surface area contributed by atoms with Gasteiger partial charge in [0.2, 0.25) is 5.91 Å². The standard InChI is InChI=1S/C47H61N7O5S/c1-9-53-39-11-10-29-19-35(39)37(43(53)36-20-33(23-48-41(36)28(4)58-8)52-14-12-51(7)13-15-52)22-47(5,6)25-59-46(57)42-30-16-32(17-30)54(50-42)45(56)38(21-34-18-31(29)24-60-34)49-44(55)40-26(2)27(40)3/h10-11,18-20,23-24,26-28,30,32,38,40,42,50H,9,12-17,21-22,25H2,1-8H3,(H,49,55)/t26-,27+,28-,30?,32?,38-,40?,42-/m0/s1. The minimum Gasteiger partial charge on any atom is -0.464 e. The van der Waals surface area contributed by atoms with E-state index < -0.39 is 17.5 Å². The Morgan fingerprint density at radius 3 is 2.53 bits per heavy atom. The van der Waals surface area contributed by atoms with E-state index >= 15 is 0 Å². The lowest BCUT2D eigenvalue weighted by Gasteiger charge is -2.53. The van der Waals surface area contributed by atoms with Crippen LogP contribution in [0.2, 0.25) is 0 Å². The van der Waals surface area contributed by atoms with Crippen LogP contribution in [0.5, 0.6) is 0 Å². The zero-order valence-electron chi connectivity index (χ0n) is 36.4. The number of esters is 1. The highest BCUT2D eigenvalue weighted by molar-refractivity contribution is 7.10. The molecular weight excluding hydrogens is 775 g/mol. The van der Waals surface area contributed by atoms with Crippen molar-refractivity contribution in [3.63, 3.8) is 0 Å². The average molecular weight is 836 g/mol. The second kappa shape index (κ2) is 15.9. The molecule has 3 aromatic heterocycles. The molecule has 5 fully saturated rings. The molecule has 10 rings (SSSR count). The molecule has 12 nitrogen and oxygen atoms in total. The first-order valence-electron chi connectivity index (χ1n) is 22.0. The number of methoxy groups -OCH3 is 1. The number of aromatic nitrogens is 2. The molecular formula is C47H61N7O5S. The number of hydrogen-bond donors (Lipinski definition) is 2. The number of benzene rings is 1. The van der Waals surface area contributed by atoms with Gasteiger partial charge in [-0.05, 0) is 104 Å². The number of thiophene rings is 1. The van der Waals surface area contributed by atoms with E-state index in [1.54, 1.807) is 23.5 Å². The number of aryl methyl sites for hydroxylation is 1. The molecule has 2 aliphatic carbocycles. The molecule has 13 heteroatoms. The SMILES string of the molecule is CCn1c(-c2cc(N3CCN(C)CC3)cnc2[C@H](C)OC)c2c3cc(ccc31)-c1csc(c1)C[C@H](NC(=O)C1[C@@H](C)[C@H]1C)C(=O)N1N[C@H](C(=O)OCC(C)(C)C2)C2CC1C2. The zero-order valence-corrected chi connectivity index (χ0v) is 37.2. The molecule has 2 N–H and O–H groups in total. The molecule has 8 bridgehead atoms. The molecule has 1 aromatic carbocycles. The molecule has 1 unspecified atom stereocenters. The largest absolute Gasteiger partial charge is 0.464 e. The third kappa shape index (κ3) is 7.43. The first kappa shape index (κ1) is 41.1. The minimum atomic E-state index is -0.766. The van der Waals surface area contributed by atoms with Gasteiger partial charge in [0.05, 0.1) is 36.0 Å². The van der Waals surface area contributed by atoms with E-state index in [9.17, 15) is 14.4 Å². The van der Waals surface area contributed by atoms with Crippen LogP contribution in [0.1, 0.15) is 76.6 Å². The zero-order chi connectivity index (χ0) is 42.2. The Labute approximate surface area is 357 Å². The van der Waals surface area contributed by atoms with Crippen LogP contribution in [0.15, 0.2) is 41.9 Å². The molecule has 60 heavy (non-hydrogen) atoms. The van der Waals surface area contributed by atoms with Crippen LogP contribution in [0.4, 0.5) is 5.69 Å². The summed E-state index contributed by atoms with van der Waals surface area (Å²) in [6, 6.07) is 9.81. The van der Waals surface area contributed by atoms with Gasteiger partial charge in [0, 0.05) is 85.0 Å². The van der Waals surface area contributed by atoms with Gasteiger partial charge in [-0.2, -0.15) is 0 Å². The van der Waals surface area contributed by atoms with Gasteiger partial charge in [0.1, 0.15) is 12.1 Å². The van der Waals surface area contributed by atoms with Crippen LogP contribution in [-0.2, 0) is 43.2 Å². The molecule has 4 aliphatic heterocycles. The van der Waals surface area contributed by atoms with Crippen LogP contribution in [0.3, 0.4) is 0 Å². The van der Waals surface area contributed by atoms with Crippen molar-refractivity contribution in [1.29, 1.82) is 0 Å². The Bertz CT molecular complexity index is 2300. The van der Waals surface area contributed by atoms with Gasteiger partial charge in [-0.25, -0.2) is 5.43 Å². The normalized spacial score (nSPS) is 28.5. The summed E-state index contributed by atoms with van der Waals surface area (Å²) < 4.78 is 14.7. The van der Waals surface area contributed by atoms with E-state index in [1.165, 1.54) is 5.56 Å². The molecule has 2 amide bonds. The number of amides is 2. The van der Waals surface area contributed by atoms with Crippen LogP contribution < -0.4 is 15.6 Å². The van der Waals surface area contributed by atoms with Crippen LogP contribution in [0, 0.1) is 29.1 Å². The highest BCUT2D eigenvalue weighted by Gasteiger charge is 2.52. The summed E-state index contributed by atoms with van der Waals surface area (Å²) >= 11 is 1.62. The van der Waals surface area contributed by atoms with Crippen LogP contribution in [0.25, 0.3) is 33.3 Å². The lowest BCUT2D eigenvalue weighted by atomic mass is 9.73. The van der Waals surface area contributed by atoms with Crippen molar-refractivity contribution in [3.8, 4) is 22.4 Å². The van der Waals surface area contributed by atoms with Crippen molar-refractivity contribution >= 4 is 45.7 Å². The van der Waals surface area contributed by atoms with Gasteiger partial charge in [-0.1, -0.05) is 33.8 Å². The number of hydrazine groups is 1. The topological polar surface area (TPSA) is 121 Å². The molecule has 6 atom stereocenters. The number of cyclic esters (lactones) is 1. The smallest absolute Gasteiger partial charge is 0.325 e. The number of hydrogen-bond acceptors (Lipinski definition) is 10. The maximum atomic E-state index is 14.5. The number of nitrogens with one attached hydrogen (secondary N) is 2. The van der Waals surface area contributed by atoms with Crippen LogP contribution >= 0.6 is 11.3 Å². The monoisotopic (exact) mass is 835 g/mol. The van der Waals surface area contributed by atoms with Crippen LogP contribution in [-0.4, -0.2) is 102 Å². The van der Waals surface area contributed by atoms with Crippen molar-refractivity contribution in [2.75, 3.05) is 51.8 Å². The Hall–Kier alpha value is -4.30. The van der Waals surface area contributed by atoms with Gasteiger partial charge in [0.15, 0.2) is 0 Å². The Kier molecular flexibility index (Phi) is 10.9. The van der Waals surface area contributed by atoms with Crippen molar-refractivity contribution in [1.82, 2.24) is 30.2 Å². The van der Waals surface area contributed by atoms with Crippen molar-refractivity contribution in [3.05, 3.63) is 58.0 Å². The minimum absolute atomic E-state index is 0.0215. The highest BCUT2D eigenvalue weighted by atomic mass is 32.1. The first-order chi connectivity index (χ1) is 28.7. The summed E-state index contributed by atoms with van der Waals surface area (Å²) in [6.45, 7) is 17.6. The van der Waals surface area contributed by atoms with E-state index in [-0.39, 0.29) is 60.2 Å². The summed E-state index contributed by atoms with van der Waals surface area (Å²) in [5.41, 5.74) is 11.5.